The Hall–Kier alpha value is -3.37. The second kappa shape index (κ2) is 9.19. The Balaban J connectivity index is 1.44. The van der Waals surface area contributed by atoms with E-state index < -0.39 is 5.97 Å². The van der Waals surface area contributed by atoms with Crippen molar-refractivity contribution in [1.29, 1.82) is 0 Å². The van der Waals surface area contributed by atoms with Gasteiger partial charge in [-0.25, -0.2) is 9.79 Å². The van der Waals surface area contributed by atoms with Gasteiger partial charge in [-0.05, 0) is 65.1 Å². The average Bonchev–Trinajstić information content (AvgIpc) is 3.13. The molecule has 4 rings (SSSR count). The third-order valence-electron chi connectivity index (χ3n) is 4.92. The second-order valence-corrected chi connectivity index (χ2v) is 8.04. The molecule has 1 aliphatic rings. The lowest BCUT2D eigenvalue weighted by atomic mass is 10.0. The van der Waals surface area contributed by atoms with E-state index in [4.69, 9.17) is 21.1 Å². The number of carbonyl (C=O) groups excluding carboxylic acids is 1. The van der Waals surface area contributed by atoms with Gasteiger partial charge in [0.2, 0.25) is 5.90 Å². The van der Waals surface area contributed by atoms with Gasteiger partial charge in [-0.15, -0.1) is 0 Å². The molecule has 5 heteroatoms. The van der Waals surface area contributed by atoms with E-state index >= 15 is 0 Å². The maximum absolute atomic E-state index is 12.3. The first-order valence-electron chi connectivity index (χ1n) is 10.1. The summed E-state index contributed by atoms with van der Waals surface area (Å²) in [6, 6.07) is 22.9. The monoisotopic (exact) mass is 431 g/mol. The molecule has 4 nitrogen and oxygen atoms in total. The second-order valence-electron chi connectivity index (χ2n) is 7.60. The third-order valence-corrected chi connectivity index (χ3v) is 5.16. The molecule has 0 aromatic heterocycles. The molecule has 0 saturated heterocycles. The van der Waals surface area contributed by atoms with E-state index in [9.17, 15) is 4.79 Å². The molecule has 1 aliphatic heterocycles. The van der Waals surface area contributed by atoms with E-state index in [-0.39, 0.29) is 5.70 Å². The molecule has 0 aliphatic carbocycles. The number of benzene rings is 3. The molecule has 0 fully saturated rings. The predicted octanol–water partition coefficient (Wildman–Crippen LogP) is 6.39. The zero-order valence-electron chi connectivity index (χ0n) is 17.3. The number of carbonyl (C=O) groups is 1. The Kier molecular flexibility index (Phi) is 6.19. The quantitative estimate of drug-likeness (QED) is 0.335. The van der Waals surface area contributed by atoms with Crippen LogP contribution in [0.25, 0.3) is 6.08 Å². The summed E-state index contributed by atoms with van der Waals surface area (Å²) in [6.45, 7) is 4.70. The average molecular weight is 432 g/mol. The highest BCUT2D eigenvalue weighted by Crippen LogP contribution is 2.22. The number of ether oxygens (including phenoxy) is 2. The Morgan fingerprint density at radius 1 is 1.03 bits per heavy atom. The summed E-state index contributed by atoms with van der Waals surface area (Å²) in [6.07, 6.45) is 1.71. The van der Waals surface area contributed by atoms with Crippen molar-refractivity contribution >= 4 is 29.5 Å². The lowest BCUT2D eigenvalue weighted by Gasteiger charge is -2.07. The summed E-state index contributed by atoms with van der Waals surface area (Å²) in [7, 11) is 0. The lowest BCUT2D eigenvalue weighted by molar-refractivity contribution is -0.129. The van der Waals surface area contributed by atoms with Crippen molar-refractivity contribution in [3.63, 3.8) is 0 Å². The van der Waals surface area contributed by atoms with Crippen LogP contribution in [-0.2, 0) is 16.1 Å². The van der Waals surface area contributed by atoms with E-state index in [0.717, 1.165) is 22.4 Å². The Morgan fingerprint density at radius 3 is 2.45 bits per heavy atom. The van der Waals surface area contributed by atoms with Gasteiger partial charge in [0.1, 0.15) is 12.4 Å². The first-order valence-corrected chi connectivity index (χ1v) is 10.5. The molecular weight excluding hydrogens is 410 g/mol. The Labute approximate surface area is 186 Å². The van der Waals surface area contributed by atoms with Gasteiger partial charge in [-0.2, -0.15) is 0 Å². The van der Waals surface area contributed by atoms with Crippen LogP contribution in [-0.4, -0.2) is 11.9 Å². The number of rotatable bonds is 6. The van der Waals surface area contributed by atoms with Crippen molar-refractivity contribution in [3.05, 3.63) is 106 Å². The minimum Gasteiger partial charge on any atom is -0.489 e. The van der Waals surface area contributed by atoms with E-state index in [0.29, 0.717) is 23.4 Å². The predicted molar refractivity (Wildman–Crippen MR) is 123 cm³/mol. The highest BCUT2D eigenvalue weighted by atomic mass is 35.5. The molecule has 1 heterocycles. The smallest absolute Gasteiger partial charge is 0.363 e. The van der Waals surface area contributed by atoms with E-state index in [1.807, 2.05) is 72.8 Å². The van der Waals surface area contributed by atoms with E-state index in [2.05, 4.69) is 18.8 Å². The minimum absolute atomic E-state index is 0.274. The zero-order chi connectivity index (χ0) is 21.8. The molecule has 0 spiro atoms. The van der Waals surface area contributed by atoms with Gasteiger partial charge in [0.25, 0.3) is 0 Å². The SMILES string of the molecule is CC(C)c1ccc(C2=N/C(=C\c3ccc(OCc4cccc(Cl)c4)cc3)C(=O)O2)cc1. The largest absolute Gasteiger partial charge is 0.489 e. The van der Waals surface area contributed by atoms with Crippen LogP contribution in [0.15, 0.2) is 83.5 Å². The molecule has 156 valence electrons. The number of aliphatic imine (C=N–C) groups is 1. The van der Waals surface area contributed by atoms with Crippen molar-refractivity contribution in [3.8, 4) is 5.75 Å². The molecule has 0 atom stereocenters. The topological polar surface area (TPSA) is 47.9 Å². The normalized spacial score (nSPS) is 14.6. The molecule has 0 amide bonds. The van der Waals surface area contributed by atoms with Crippen molar-refractivity contribution in [2.45, 2.75) is 26.4 Å². The van der Waals surface area contributed by atoms with E-state index in [1.54, 1.807) is 6.08 Å². The number of hydrogen-bond acceptors (Lipinski definition) is 4. The lowest BCUT2D eigenvalue weighted by Crippen LogP contribution is -2.05. The van der Waals surface area contributed by atoms with Crippen LogP contribution in [0, 0.1) is 0 Å². The Bertz CT molecular complexity index is 1150. The zero-order valence-corrected chi connectivity index (χ0v) is 18.1. The molecule has 0 N–H and O–H groups in total. The molecule has 3 aromatic rings. The molecule has 31 heavy (non-hydrogen) atoms. The van der Waals surface area contributed by atoms with Gasteiger partial charge in [-0.1, -0.05) is 61.8 Å². The van der Waals surface area contributed by atoms with Gasteiger partial charge >= 0.3 is 5.97 Å². The van der Waals surface area contributed by atoms with Gasteiger partial charge in [-0.3, -0.25) is 0 Å². The van der Waals surface area contributed by atoms with Crippen molar-refractivity contribution in [2.75, 3.05) is 0 Å². The first kappa shape index (κ1) is 20.9. The molecule has 0 unspecified atom stereocenters. The summed E-state index contributed by atoms with van der Waals surface area (Å²) in [5.41, 5.74) is 4.11. The summed E-state index contributed by atoms with van der Waals surface area (Å²) < 4.78 is 11.2. The summed E-state index contributed by atoms with van der Waals surface area (Å²) in [5.74, 6) is 1.04. The van der Waals surface area contributed by atoms with Crippen LogP contribution in [0.5, 0.6) is 5.75 Å². The Morgan fingerprint density at radius 2 is 1.77 bits per heavy atom. The van der Waals surface area contributed by atoms with Crippen LogP contribution in [0.3, 0.4) is 0 Å². The van der Waals surface area contributed by atoms with Crippen LogP contribution in [0.1, 0.15) is 42.0 Å². The van der Waals surface area contributed by atoms with Crippen molar-refractivity contribution in [1.82, 2.24) is 0 Å². The highest BCUT2D eigenvalue weighted by Gasteiger charge is 2.24. The molecule has 0 bridgehead atoms. The van der Waals surface area contributed by atoms with Gasteiger partial charge in [0, 0.05) is 10.6 Å². The fourth-order valence-electron chi connectivity index (χ4n) is 3.15. The molecule has 0 saturated carbocycles. The maximum Gasteiger partial charge on any atom is 0.363 e. The van der Waals surface area contributed by atoms with Gasteiger partial charge < -0.3 is 9.47 Å². The molecular formula is C26H22ClNO3. The summed E-state index contributed by atoms with van der Waals surface area (Å²) >= 11 is 6.00. The van der Waals surface area contributed by atoms with Crippen molar-refractivity contribution in [2.24, 2.45) is 4.99 Å². The molecule has 3 aromatic carbocycles. The number of nitrogens with zero attached hydrogens (tertiary/aromatic N) is 1. The van der Waals surface area contributed by atoms with Crippen LogP contribution < -0.4 is 4.74 Å². The van der Waals surface area contributed by atoms with Crippen molar-refractivity contribution < 1.29 is 14.3 Å². The number of esters is 1. The highest BCUT2D eigenvalue weighted by molar-refractivity contribution is 6.30. The summed E-state index contributed by atoms with van der Waals surface area (Å²) in [5, 5.41) is 0.683. The fraction of sp³-hybridized carbons (Fsp3) is 0.154. The third kappa shape index (κ3) is 5.22. The number of hydrogen-bond donors (Lipinski definition) is 0. The van der Waals surface area contributed by atoms with Crippen LogP contribution >= 0.6 is 11.6 Å². The fourth-order valence-corrected chi connectivity index (χ4v) is 3.37. The number of halogens is 1. The number of cyclic esters (lactones) is 1. The first-order chi connectivity index (χ1) is 15.0. The van der Waals surface area contributed by atoms with Gasteiger partial charge in [0.15, 0.2) is 5.70 Å². The van der Waals surface area contributed by atoms with Gasteiger partial charge in [0.05, 0.1) is 0 Å². The molecule has 0 radical (unpaired) electrons. The summed E-state index contributed by atoms with van der Waals surface area (Å²) in [4.78, 5) is 16.6. The van der Waals surface area contributed by atoms with E-state index in [1.165, 1.54) is 5.56 Å². The maximum atomic E-state index is 12.3. The standard InChI is InChI=1S/C26H22ClNO3/c1-17(2)20-8-10-21(11-9-20)25-28-24(26(29)31-25)15-18-6-12-23(13-7-18)30-16-19-4-3-5-22(27)14-19/h3-15,17H,16H2,1-2H3/b24-15-. The van der Waals surface area contributed by atoms with Crippen LogP contribution in [0.4, 0.5) is 0 Å². The van der Waals surface area contributed by atoms with Crippen LogP contribution in [0.2, 0.25) is 5.02 Å². The minimum atomic E-state index is -0.454.